The Bertz CT molecular complexity index is 1200. The molecule has 1 aliphatic heterocycles. The SMILES string of the molecule is O=C(Nc1ccc(F)cc1)c1nnc([C@H]2CCCN(S(=O)(=O)c3cccc(Cl)c3)C2)s1. The van der Waals surface area contributed by atoms with Crippen molar-refractivity contribution in [3.63, 3.8) is 0 Å². The Morgan fingerprint density at radius 3 is 2.71 bits per heavy atom. The van der Waals surface area contributed by atoms with Crippen LogP contribution in [0.3, 0.4) is 0 Å². The molecule has 0 unspecified atom stereocenters. The van der Waals surface area contributed by atoms with Gasteiger partial charge in [0.1, 0.15) is 10.8 Å². The number of aromatic nitrogens is 2. The normalized spacial score (nSPS) is 17.4. The van der Waals surface area contributed by atoms with Crippen molar-refractivity contribution < 1.29 is 17.6 Å². The highest BCUT2D eigenvalue weighted by Gasteiger charge is 2.33. The van der Waals surface area contributed by atoms with Gasteiger partial charge in [0, 0.05) is 29.7 Å². The van der Waals surface area contributed by atoms with Crippen molar-refractivity contribution in [2.24, 2.45) is 0 Å². The fraction of sp³-hybridized carbons (Fsp3) is 0.250. The van der Waals surface area contributed by atoms with Crippen molar-refractivity contribution in [2.45, 2.75) is 23.7 Å². The number of carbonyl (C=O) groups is 1. The summed E-state index contributed by atoms with van der Waals surface area (Å²) in [4.78, 5) is 12.6. The van der Waals surface area contributed by atoms with Gasteiger partial charge >= 0.3 is 0 Å². The Morgan fingerprint density at radius 2 is 1.97 bits per heavy atom. The molecule has 1 aliphatic rings. The second kappa shape index (κ2) is 8.99. The van der Waals surface area contributed by atoms with Gasteiger partial charge in [-0.25, -0.2) is 12.8 Å². The van der Waals surface area contributed by atoms with E-state index in [1.807, 2.05) is 0 Å². The van der Waals surface area contributed by atoms with Crippen LogP contribution in [0, 0.1) is 5.82 Å². The number of halogens is 2. The summed E-state index contributed by atoms with van der Waals surface area (Å²) in [6.45, 7) is 0.658. The van der Waals surface area contributed by atoms with Gasteiger partial charge in [-0.3, -0.25) is 4.79 Å². The first-order chi connectivity index (χ1) is 14.8. The highest BCUT2D eigenvalue weighted by atomic mass is 35.5. The molecule has 1 fully saturated rings. The van der Waals surface area contributed by atoms with E-state index < -0.39 is 21.7 Å². The Morgan fingerprint density at radius 1 is 1.19 bits per heavy atom. The van der Waals surface area contributed by atoms with Crippen LogP contribution >= 0.6 is 22.9 Å². The number of amides is 1. The van der Waals surface area contributed by atoms with Crippen LogP contribution in [-0.4, -0.2) is 41.9 Å². The fourth-order valence-electron chi connectivity index (χ4n) is 3.35. The summed E-state index contributed by atoms with van der Waals surface area (Å²) in [7, 11) is -3.68. The monoisotopic (exact) mass is 480 g/mol. The summed E-state index contributed by atoms with van der Waals surface area (Å²) in [6, 6.07) is 11.6. The van der Waals surface area contributed by atoms with Crippen molar-refractivity contribution in [2.75, 3.05) is 18.4 Å². The number of rotatable bonds is 5. The number of anilines is 1. The molecule has 0 bridgehead atoms. The molecule has 4 rings (SSSR count). The zero-order valence-electron chi connectivity index (χ0n) is 16.2. The highest BCUT2D eigenvalue weighted by Crippen LogP contribution is 2.32. The number of piperidine rings is 1. The molecule has 1 saturated heterocycles. The second-order valence-electron chi connectivity index (χ2n) is 7.07. The largest absolute Gasteiger partial charge is 0.320 e. The van der Waals surface area contributed by atoms with Crippen molar-refractivity contribution in [1.29, 1.82) is 0 Å². The molecule has 2 aromatic carbocycles. The zero-order valence-corrected chi connectivity index (χ0v) is 18.6. The first-order valence-electron chi connectivity index (χ1n) is 9.49. The quantitative estimate of drug-likeness (QED) is 0.592. The van der Waals surface area contributed by atoms with E-state index in [1.54, 1.807) is 12.1 Å². The van der Waals surface area contributed by atoms with E-state index in [-0.39, 0.29) is 22.4 Å². The third-order valence-electron chi connectivity index (χ3n) is 4.90. The summed E-state index contributed by atoms with van der Waals surface area (Å²) in [5.41, 5.74) is 0.444. The summed E-state index contributed by atoms with van der Waals surface area (Å²) in [6.07, 6.45) is 1.41. The molecule has 0 radical (unpaired) electrons. The van der Waals surface area contributed by atoms with Gasteiger partial charge in [-0.2, -0.15) is 4.31 Å². The molecule has 1 atom stereocenters. The van der Waals surface area contributed by atoms with Crippen LogP contribution in [0.15, 0.2) is 53.4 Å². The molecule has 3 aromatic rings. The number of nitrogens with zero attached hydrogens (tertiary/aromatic N) is 3. The van der Waals surface area contributed by atoms with Crippen LogP contribution in [0.25, 0.3) is 0 Å². The predicted molar refractivity (Wildman–Crippen MR) is 116 cm³/mol. The third-order valence-corrected chi connectivity index (χ3v) is 8.08. The minimum absolute atomic E-state index is 0.150. The minimum Gasteiger partial charge on any atom is -0.320 e. The number of hydrogen-bond acceptors (Lipinski definition) is 6. The molecule has 7 nitrogen and oxygen atoms in total. The van der Waals surface area contributed by atoms with Crippen molar-refractivity contribution in [3.05, 3.63) is 69.4 Å². The Labute approximate surface area is 187 Å². The lowest BCUT2D eigenvalue weighted by Gasteiger charge is -2.30. The van der Waals surface area contributed by atoms with Crippen molar-refractivity contribution in [1.82, 2.24) is 14.5 Å². The third kappa shape index (κ3) is 4.93. The summed E-state index contributed by atoms with van der Waals surface area (Å²) < 4.78 is 40.4. The lowest BCUT2D eigenvalue weighted by Crippen LogP contribution is -2.39. The second-order valence-corrected chi connectivity index (χ2v) is 10.4. The summed E-state index contributed by atoms with van der Waals surface area (Å²) in [5, 5.41) is 11.9. The average molecular weight is 481 g/mol. The van der Waals surface area contributed by atoms with E-state index in [2.05, 4.69) is 15.5 Å². The van der Waals surface area contributed by atoms with E-state index >= 15 is 0 Å². The van der Waals surface area contributed by atoms with Crippen LogP contribution < -0.4 is 5.32 Å². The summed E-state index contributed by atoms with van der Waals surface area (Å²) in [5.74, 6) is -1.01. The van der Waals surface area contributed by atoms with Gasteiger partial charge in [0.2, 0.25) is 15.0 Å². The van der Waals surface area contributed by atoms with E-state index in [0.29, 0.717) is 28.7 Å². The molecule has 2 heterocycles. The molecule has 0 saturated carbocycles. The first kappa shape index (κ1) is 21.8. The molecule has 1 N–H and O–H groups in total. The van der Waals surface area contributed by atoms with Gasteiger partial charge < -0.3 is 5.32 Å². The highest BCUT2D eigenvalue weighted by molar-refractivity contribution is 7.89. The van der Waals surface area contributed by atoms with Crippen LogP contribution in [0.5, 0.6) is 0 Å². The van der Waals surface area contributed by atoms with Gasteiger partial charge in [-0.1, -0.05) is 29.0 Å². The minimum atomic E-state index is -3.68. The van der Waals surface area contributed by atoms with Crippen LogP contribution in [0.2, 0.25) is 5.02 Å². The number of carbonyl (C=O) groups excluding carboxylic acids is 1. The molecular weight excluding hydrogens is 463 g/mol. The maximum Gasteiger partial charge on any atom is 0.286 e. The fourth-order valence-corrected chi connectivity index (χ4v) is 6.04. The molecule has 0 aliphatic carbocycles. The number of benzene rings is 2. The topological polar surface area (TPSA) is 92.3 Å². The van der Waals surface area contributed by atoms with Crippen LogP contribution in [0.4, 0.5) is 10.1 Å². The van der Waals surface area contributed by atoms with Crippen LogP contribution in [-0.2, 0) is 10.0 Å². The maximum absolute atomic E-state index is 13.0. The van der Waals surface area contributed by atoms with E-state index in [9.17, 15) is 17.6 Å². The van der Waals surface area contributed by atoms with Gasteiger partial charge in [-0.15, -0.1) is 10.2 Å². The first-order valence-corrected chi connectivity index (χ1v) is 12.1. The standard InChI is InChI=1S/C20H18ClFN4O3S2/c21-14-4-1-5-17(11-14)31(28,29)26-10-2-3-13(12-26)19-24-25-20(30-19)18(27)23-16-8-6-15(22)7-9-16/h1,4-9,11,13H,2-3,10,12H2,(H,23,27)/t13-/m0/s1. The van der Waals surface area contributed by atoms with E-state index in [4.69, 9.17) is 11.6 Å². The average Bonchev–Trinajstić information content (AvgIpc) is 3.26. The van der Waals surface area contributed by atoms with Crippen molar-refractivity contribution >= 4 is 44.6 Å². The Kier molecular flexibility index (Phi) is 6.33. The lowest BCUT2D eigenvalue weighted by atomic mass is 10.0. The predicted octanol–water partition coefficient (Wildman–Crippen LogP) is 4.15. The van der Waals surface area contributed by atoms with E-state index in [1.165, 1.54) is 40.7 Å². The van der Waals surface area contributed by atoms with Gasteiger partial charge in [0.25, 0.3) is 5.91 Å². The number of hydrogen-bond donors (Lipinski definition) is 1. The molecule has 1 aromatic heterocycles. The molecule has 0 spiro atoms. The van der Waals surface area contributed by atoms with Crippen LogP contribution in [0.1, 0.15) is 33.6 Å². The maximum atomic E-state index is 13.0. The lowest BCUT2D eigenvalue weighted by molar-refractivity contribution is 0.102. The molecule has 11 heteroatoms. The van der Waals surface area contributed by atoms with Gasteiger partial charge in [-0.05, 0) is 55.3 Å². The molecule has 1 amide bonds. The Hall–Kier alpha value is -2.40. The molecule has 162 valence electrons. The van der Waals surface area contributed by atoms with E-state index in [0.717, 1.165) is 17.8 Å². The van der Waals surface area contributed by atoms with Gasteiger partial charge in [0.15, 0.2) is 0 Å². The smallest absolute Gasteiger partial charge is 0.286 e. The number of sulfonamides is 1. The molecule has 31 heavy (non-hydrogen) atoms. The zero-order chi connectivity index (χ0) is 22.0. The Balaban J connectivity index is 1.47. The summed E-state index contributed by atoms with van der Waals surface area (Å²) >= 11 is 7.09. The molecular formula is C20H18ClFN4O3S2. The van der Waals surface area contributed by atoms with Gasteiger partial charge in [0.05, 0.1) is 4.90 Å². The van der Waals surface area contributed by atoms with Crippen molar-refractivity contribution in [3.8, 4) is 0 Å². The number of nitrogens with one attached hydrogen (secondary N) is 1.